The van der Waals surface area contributed by atoms with E-state index < -0.39 is 15.6 Å². The molecule has 0 unspecified atom stereocenters. The number of rotatable bonds is 7. The van der Waals surface area contributed by atoms with Crippen molar-refractivity contribution in [3.63, 3.8) is 0 Å². The lowest BCUT2D eigenvalue weighted by Gasteiger charge is -2.26. The number of aryl methyl sites for hydroxylation is 1. The second-order valence-electron chi connectivity index (χ2n) is 5.26. The number of sulfonamides is 1. The molecule has 3 N–H and O–H groups in total. The zero-order valence-corrected chi connectivity index (χ0v) is 16.6. The maximum atomic E-state index is 12.4. The Balaban J connectivity index is 0.00000264. The zero-order chi connectivity index (χ0) is 16.4. The fourth-order valence-electron chi connectivity index (χ4n) is 1.89. The Morgan fingerprint density at radius 2 is 1.96 bits per heavy atom. The van der Waals surface area contributed by atoms with Crippen LogP contribution in [0.15, 0.2) is 21.7 Å². The van der Waals surface area contributed by atoms with Gasteiger partial charge in [-0.2, -0.15) is 0 Å². The topological polar surface area (TPSA) is 85.1 Å². The van der Waals surface area contributed by atoms with Gasteiger partial charge in [0.25, 0.3) is 0 Å². The number of nitrogens with one attached hydrogen (secondary N) is 1. The van der Waals surface area contributed by atoms with Gasteiger partial charge in [0, 0.05) is 17.5 Å². The van der Waals surface area contributed by atoms with E-state index in [1.54, 1.807) is 23.5 Å². The Kier molecular flexibility index (Phi) is 7.18. The van der Waals surface area contributed by atoms with E-state index in [1.807, 2.05) is 26.2 Å². The first kappa shape index (κ1) is 20.5. The molecule has 0 aliphatic heterocycles. The average molecular weight is 396 g/mol. The summed E-state index contributed by atoms with van der Waals surface area (Å²) in [5.74, 6) is 0. The minimum atomic E-state index is -3.53. The van der Waals surface area contributed by atoms with Crippen LogP contribution in [0.3, 0.4) is 0 Å². The zero-order valence-electron chi connectivity index (χ0n) is 13.3. The summed E-state index contributed by atoms with van der Waals surface area (Å²) in [4.78, 5) is 5.24. The van der Waals surface area contributed by atoms with Gasteiger partial charge in [0.05, 0.1) is 15.6 Å². The van der Waals surface area contributed by atoms with Crippen LogP contribution in [0.2, 0.25) is 0 Å². The number of thiophene rings is 1. The van der Waals surface area contributed by atoms with Crippen molar-refractivity contribution in [1.29, 1.82) is 0 Å². The molecule has 0 atom stereocenters. The van der Waals surface area contributed by atoms with Crippen LogP contribution in [0, 0.1) is 6.92 Å². The molecule has 5 nitrogen and oxygen atoms in total. The molecule has 9 heteroatoms. The van der Waals surface area contributed by atoms with E-state index in [4.69, 9.17) is 5.73 Å². The summed E-state index contributed by atoms with van der Waals surface area (Å²) in [6.45, 7) is 6.10. The summed E-state index contributed by atoms with van der Waals surface area (Å²) >= 11 is 2.77. The van der Waals surface area contributed by atoms with Crippen molar-refractivity contribution in [2.45, 2.75) is 43.4 Å². The Labute approximate surface area is 151 Å². The molecule has 23 heavy (non-hydrogen) atoms. The molecule has 2 aromatic rings. The Hall–Kier alpha value is -0.510. The minimum Gasteiger partial charge on any atom is -0.324 e. The quantitative estimate of drug-likeness (QED) is 0.752. The van der Waals surface area contributed by atoms with Crippen molar-refractivity contribution in [1.82, 2.24) is 9.71 Å². The van der Waals surface area contributed by atoms with E-state index in [9.17, 15) is 8.42 Å². The highest BCUT2D eigenvalue weighted by Gasteiger charge is 2.25. The fourth-order valence-corrected chi connectivity index (χ4v) is 5.03. The molecule has 0 amide bonds. The van der Waals surface area contributed by atoms with Crippen molar-refractivity contribution in [2.75, 3.05) is 6.54 Å². The summed E-state index contributed by atoms with van der Waals surface area (Å²) in [5, 5.41) is 2.90. The van der Waals surface area contributed by atoms with Gasteiger partial charge >= 0.3 is 0 Å². The van der Waals surface area contributed by atoms with Crippen LogP contribution in [0.1, 0.15) is 31.7 Å². The van der Waals surface area contributed by atoms with Crippen molar-refractivity contribution in [2.24, 2.45) is 5.73 Å². The summed E-state index contributed by atoms with van der Waals surface area (Å²) in [7, 11) is -3.53. The highest BCUT2D eigenvalue weighted by atomic mass is 35.5. The summed E-state index contributed by atoms with van der Waals surface area (Å²) < 4.78 is 27.7. The number of hydrogen-bond donors (Lipinski definition) is 2. The molecule has 130 valence electrons. The van der Waals surface area contributed by atoms with Gasteiger partial charge in [-0.25, -0.2) is 18.1 Å². The third-order valence-corrected chi connectivity index (χ3v) is 7.51. The van der Waals surface area contributed by atoms with Crippen LogP contribution < -0.4 is 10.5 Å². The van der Waals surface area contributed by atoms with Gasteiger partial charge in [-0.3, -0.25) is 0 Å². The van der Waals surface area contributed by atoms with Crippen LogP contribution in [0.25, 0.3) is 10.6 Å². The third-order valence-electron chi connectivity index (χ3n) is 3.74. The number of halogens is 1. The highest BCUT2D eigenvalue weighted by molar-refractivity contribution is 7.91. The first-order valence-electron chi connectivity index (χ1n) is 7.10. The van der Waals surface area contributed by atoms with Crippen molar-refractivity contribution >= 4 is 45.1 Å². The first-order valence-corrected chi connectivity index (χ1v) is 10.3. The second-order valence-corrected chi connectivity index (χ2v) is 9.40. The number of hydrogen-bond acceptors (Lipinski definition) is 6. The molecule has 0 spiro atoms. The molecule has 0 fully saturated rings. The standard InChI is InChI=1S/C14H21N3O2S3.ClH/c1-4-14(15,5-2)9-16-22(18,19)13-7-6-12(21-13)11-8-20-10(3)17-11;/h6-8,16H,4-5,9,15H2,1-3H3;1H. The Morgan fingerprint density at radius 1 is 1.30 bits per heavy atom. The molecule has 0 saturated heterocycles. The largest absolute Gasteiger partial charge is 0.324 e. The molecule has 0 bridgehead atoms. The van der Waals surface area contributed by atoms with E-state index in [-0.39, 0.29) is 19.0 Å². The van der Waals surface area contributed by atoms with Gasteiger partial charge in [-0.05, 0) is 31.9 Å². The smallest absolute Gasteiger partial charge is 0.250 e. The summed E-state index contributed by atoms with van der Waals surface area (Å²) in [6.07, 6.45) is 1.44. The van der Waals surface area contributed by atoms with Gasteiger partial charge in [0.15, 0.2) is 0 Å². The van der Waals surface area contributed by atoms with Gasteiger partial charge in [0.1, 0.15) is 4.21 Å². The Bertz CT molecular complexity index is 736. The van der Waals surface area contributed by atoms with E-state index in [1.165, 1.54) is 11.3 Å². The lowest BCUT2D eigenvalue weighted by atomic mass is 9.95. The van der Waals surface area contributed by atoms with Crippen molar-refractivity contribution in [3.8, 4) is 10.6 Å². The van der Waals surface area contributed by atoms with Crippen LogP contribution in [-0.4, -0.2) is 25.5 Å². The van der Waals surface area contributed by atoms with E-state index >= 15 is 0 Å². The van der Waals surface area contributed by atoms with Gasteiger partial charge in [-0.1, -0.05) is 13.8 Å². The number of thiazole rings is 1. The second kappa shape index (κ2) is 8.04. The van der Waals surface area contributed by atoms with Gasteiger partial charge < -0.3 is 5.73 Å². The maximum absolute atomic E-state index is 12.4. The fraction of sp³-hybridized carbons (Fsp3) is 0.500. The summed E-state index contributed by atoms with van der Waals surface area (Å²) in [5.41, 5.74) is 6.47. The molecule has 0 saturated carbocycles. The molecular weight excluding hydrogens is 374 g/mol. The van der Waals surface area contributed by atoms with Crippen LogP contribution >= 0.6 is 35.1 Å². The summed E-state index contributed by atoms with van der Waals surface area (Å²) in [6, 6.07) is 3.41. The van der Waals surface area contributed by atoms with E-state index in [2.05, 4.69) is 9.71 Å². The number of nitrogens with zero attached hydrogens (tertiary/aromatic N) is 1. The predicted octanol–water partition coefficient (Wildman–Crippen LogP) is 3.40. The number of aromatic nitrogens is 1. The van der Waals surface area contributed by atoms with Crippen LogP contribution in [-0.2, 0) is 10.0 Å². The SMILES string of the molecule is CCC(N)(CC)CNS(=O)(=O)c1ccc(-c2csc(C)n2)s1.Cl. The number of nitrogens with two attached hydrogens (primary N) is 1. The molecule has 2 aromatic heterocycles. The third kappa shape index (κ3) is 4.98. The van der Waals surface area contributed by atoms with Crippen LogP contribution in [0.5, 0.6) is 0 Å². The van der Waals surface area contributed by atoms with Gasteiger partial charge in [0.2, 0.25) is 10.0 Å². The molecule has 0 aliphatic rings. The Morgan fingerprint density at radius 3 is 2.48 bits per heavy atom. The lowest BCUT2D eigenvalue weighted by molar-refractivity contribution is 0.392. The highest BCUT2D eigenvalue weighted by Crippen LogP contribution is 2.31. The van der Waals surface area contributed by atoms with Crippen molar-refractivity contribution in [3.05, 3.63) is 22.5 Å². The molecular formula is C14H22ClN3O2S3. The predicted molar refractivity (Wildman–Crippen MR) is 100 cm³/mol. The van der Waals surface area contributed by atoms with Crippen molar-refractivity contribution < 1.29 is 8.42 Å². The monoisotopic (exact) mass is 395 g/mol. The molecule has 2 heterocycles. The molecule has 2 rings (SSSR count). The van der Waals surface area contributed by atoms with Gasteiger partial charge in [-0.15, -0.1) is 35.1 Å². The molecule has 0 aliphatic carbocycles. The normalized spacial score (nSPS) is 12.2. The average Bonchev–Trinajstić information content (AvgIpc) is 3.14. The minimum absolute atomic E-state index is 0. The first-order chi connectivity index (χ1) is 10.3. The van der Waals surface area contributed by atoms with E-state index in [0.29, 0.717) is 4.21 Å². The van der Waals surface area contributed by atoms with E-state index in [0.717, 1.165) is 28.4 Å². The molecule has 0 radical (unpaired) electrons. The maximum Gasteiger partial charge on any atom is 0.250 e. The molecule has 0 aromatic carbocycles. The van der Waals surface area contributed by atoms with Crippen LogP contribution in [0.4, 0.5) is 0 Å². The lowest BCUT2D eigenvalue weighted by Crippen LogP contribution is -2.49.